The van der Waals surface area contributed by atoms with Gasteiger partial charge in [-0.05, 0) is 0 Å². The molecule has 6 nitrogen and oxygen atoms in total. The van der Waals surface area contributed by atoms with E-state index in [1.807, 2.05) is 0 Å². The van der Waals surface area contributed by atoms with Crippen LogP contribution in [0.5, 0.6) is 0 Å². The van der Waals surface area contributed by atoms with E-state index in [4.69, 9.17) is 9.84 Å². The molecule has 8 heteroatoms. The highest BCUT2D eigenvalue weighted by atomic mass is 79.9. The second-order valence-electron chi connectivity index (χ2n) is 3.61. The van der Waals surface area contributed by atoms with Crippen LogP contribution in [-0.2, 0) is 19.1 Å². The van der Waals surface area contributed by atoms with Gasteiger partial charge in [-0.1, -0.05) is 15.9 Å². The fourth-order valence-electron chi connectivity index (χ4n) is 1.63. The third kappa shape index (κ3) is 1.75. The Kier molecular flexibility index (Phi) is 2.94. The van der Waals surface area contributed by atoms with E-state index >= 15 is 0 Å². The van der Waals surface area contributed by atoms with Crippen molar-refractivity contribution >= 4 is 45.5 Å². The summed E-state index contributed by atoms with van der Waals surface area (Å²) in [7, 11) is 0. The van der Waals surface area contributed by atoms with Crippen LogP contribution in [0.15, 0.2) is 11.1 Å². The lowest BCUT2D eigenvalue weighted by Crippen LogP contribution is -2.69. The molecule has 0 radical (unpaired) electrons. The molecule has 17 heavy (non-hydrogen) atoms. The van der Waals surface area contributed by atoms with Crippen LogP contribution in [0.25, 0.3) is 0 Å². The topological polar surface area (TPSA) is 83.9 Å². The molecule has 1 amide bonds. The standard InChI is InChI=1S/C9H8BrNO5S/c1-4(12)16-3-9(10)7(15)11-5(6(13)14)2-17-8(9)11/h2,8H,3H2,1H3,(H,13,14)/t8-,9?/m0/s1. The first-order valence-electron chi connectivity index (χ1n) is 4.63. The number of halogens is 1. The zero-order valence-electron chi connectivity index (χ0n) is 8.68. The first kappa shape index (κ1) is 12.4. The summed E-state index contributed by atoms with van der Waals surface area (Å²) in [5.74, 6) is -2.03. The molecule has 1 fully saturated rings. The van der Waals surface area contributed by atoms with Gasteiger partial charge in [0.15, 0.2) is 4.32 Å². The number of carbonyl (C=O) groups excluding carboxylic acids is 2. The van der Waals surface area contributed by atoms with E-state index in [9.17, 15) is 14.4 Å². The number of carboxylic acid groups (broad SMARTS) is 1. The highest BCUT2D eigenvalue weighted by molar-refractivity contribution is 9.10. The third-order valence-electron chi connectivity index (χ3n) is 2.47. The van der Waals surface area contributed by atoms with E-state index in [-0.39, 0.29) is 17.7 Å². The van der Waals surface area contributed by atoms with Gasteiger partial charge in [0.05, 0.1) is 0 Å². The second-order valence-corrected chi connectivity index (χ2v) is 5.98. The van der Waals surface area contributed by atoms with Gasteiger partial charge in [0.25, 0.3) is 5.91 Å². The van der Waals surface area contributed by atoms with Crippen LogP contribution in [0.1, 0.15) is 6.92 Å². The van der Waals surface area contributed by atoms with Crippen LogP contribution < -0.4 is 0 Å². The number of aliphatic carboxylic acids is 1. The second kappa shape index (κ2) is 4.02. The van der Waals surface area contributed by atoms with Gasteiger partial charge < -0.3 is 9.84 Å². The Morgan fingerprint density at radius 2 is 2.35 bits per heavy atom. The molecule has 1 saturated heterocycles. The van der Waals surface area contributed by atoms with Crippen LogP contribution in [0.3, 0.4) is 0 Å². The molecule has 0 bridgehead atoms. The molecule has 0 aromatic rings. The van der Waals surface area contributed by atoms with Crippen molar-refractivity contribution in [3.05, 3.63) is 11.1 Å². The first-order valence-corrected chi connectivity index (χ1v) is 6.36. The molecule has 0 aromatic heterocycles. The molecule has 2 aliphatic rings. The van der Waals surface area contributed by atoms with E-state index in [1.165, 1.54) is 29.0 Å². The average molecular weight is 322 g/mol. The Morgan fingerprint density at radius 1 is 1.71 bits per heavy atom. The van der Waals surface area contributed by atoms with Crippen LogP contribution in [0.2, 0.25) is 0 Å². The number of amides is 1. The number of hydrogen-bond acceptors (Lipinski definition) is 5. The van der Waals surface area contributed by atoms with Crippen LogP contribution in [0.4, 0.5) is 0 Å². The molecule has 1 N–H and O–H groups in total. The zero-order chi connectivity index (χ0) is 12.8. The summed E-state index contributed by atoms with van der Waals surface area (Å²) >= 11 is 4.44. The maximum Gasteiger partial charge on any atom is 0.353 e. The molecule has 2 aliphatic heterocycles. The van der Waals surface area contributed by atoms with Crippen molar-refractivity contribution in [2.24, 2.45) is 0 Å². The maximum absolute atomic E-state index is 11.9. The van der Waals surface area contributed by atoms with Crippen molar-refractivity contribution in [3.63, 3.8) is 0 Å². The summed E-state index contributed by atoms with van der Waals surface area (Å²) in [6.45, 7) is 1.15. The van der Waals surface area contributed by atoms with E-state index in [1.54, 1.807) is 0 Å². The fourth-order valence-corrected chi connectivity index (χ4v) is 3.66. The minimum absolute atomic E-state index is 0.0390. The van der Waals surface area contributed by atoms with Crippen molar-refractivity contribution in [2.75, 3.05) is 6.61 Å². The monoisotopic (exact) mass is 321 g/mol. The number of nitrogens with zero attached hydrogens (tertiary/aromatic N) is 1. The number of fused-ring (bicyclic) bond motifs is 1. The number of carbonyl (C=O) groups is 3. The van der Waals surface area contributed by atoms with E-state index in [0.29, 0.717) is 0 Å². The number of esters is 1. The lowest BCUT2D eigenvalue weighted by Gasteiger charge is -2.48. The first-order chi connectivity index (χ1) is 7.88. The van der Waals surface area contributed by atoms with Crippen LogP contribution in [0, 0.1) is 0 Å². The van der Waals surface area contributed by atoms with Gasteiger partial charge in [-0.15, -0.1) is 11.8 Å². The lowest BCUT2D eigenvalue weighted by molar-refractivity contribution is -0.154. The predicted molar refractivity (Wildman–Crippen MR) is 62.2 cm³/mol. The zero-order valence-corrected chi connectivity index (χ0v) is 11.1. The minimum atomic E-state index is -1.14. The normalized spacial score (nSPS) is 30.5. The smallest absolute Gasteiger partial charge is 0.353 e. The Morgan fingerprint density at radius 3 is 2.88 bits per heavy atom. The molecule has 2 rings (SSSR count). The Hall–Kier alpha value is -1.02. The highest BCUT2D eigenvalue weighted by Gasteiger charge is 2.64. The molecular weight excluding hydrogens is 314 g/mol. The summed E-state index contributed by atoms with van der Waals surface area (Å²) in [5, 5.41) is 9.91. The van der Waals surface area contributed by atoms with Gasteiger partial charge in [0, 0.05) is 12.3 Å². The average Bonchev–Trinajstić information content (AvgIpc) is 2.67. The number of carboxylic acids is 1. The summed E-state index contributed by atoms with van der Waals surface area (Å²) in [4.78, 5) is 34.6. The van der Waals surface area contributed by atoms with E-state index < -0.39 is 22.2 Å². The molecule has 0 aromatic carbocycles. The lowest BCUT2D eigenvalue weighted by atomic mass is 9.98. The summed E-state index contributed by atoms with van der Waals surface area (Å²) in [6, 6.07) is 0. The maximum atomic E-state index is 11.9. The highest BCUT2D eigenvalue weighted by Crippen LogP contribution is 2.51. The quantitative estimate of drug-likeness (QED) is 0.463. The SMILES string of the molecule is CC(=O)OCC1(Br)C(=O)N2C(C(=O)O)=CS[C@H]21. The molecule has 1 unspecified atom stereocenters. The van der Waals surface area contributed by atoms with Crippen LogP contribution >= 0.6 is 27.7 Å². The summed E-state index contributed by atoms with van der Waals surface area (Å²) < 4.78 is 3.79. The fraction of sp³-hybridized carbons (Fsp3) is 0.444. The molecule has 92 valence electrons. The number of β-lactam (4-membered cyclic amide) rings is 1. The Labute approximate surface area is 109 Å². The molecule has 0 saturated carbocycles. The van der Waals surface area contributed by atoms with E-state index in [2.05, 4.69) is 15.9 Å². The minimum Gasteiger partial charge on any atom is -0.477 e. The molecule has 2 heterocycles. The van der Waals surface area contributed by atoms with Gasteiger partial charge in [-0.2, -0.15) is 0 Å². The number of rotatable bonds is 3. The van der Waals surface area contributed by atoms with Gasteiger partial charge in [-0.25, -0.2) is 4.79 Å². The van der Waals surface area contributed by atoms with E-state index in [0.717, 1.165) is 0 Å². The van der Waals surface area contributed by atoms with Gasteiger partial charge >= 0.3 is 11.9 Å². The Bertz CT molecular complexity index is 451. The number of thioether (sulfide) groups is 1. The Balaban J connectivity index is 2.11. The van der Waals surface area contributed by atoms with Gasteiger partial charge in [0.2, 0.25) is 0 Å². The molecule has 0 spiro atoms. The van der Waals surface area contributed by atoms with Crippen LogP contribution in [-0.4, -0.2) is 44.2 Å². The molecule has 2 atom stereocenters. The van der Waals surface area contributed by atoms with Crippen molar-refractivity contribution < 1.29 is 24.2 Å². The molecular formula is C9H8BrNO5S. The summed E-state index contributed by atoms with van der Waals surface area (Å²) in [5.41, 5.74) is -0.0390. The predicted octanol–water partition coefficient (Wildman–Crippen LogP) is 0.524. The largest absolute Gasteiger partial charge is 0.477 e. The van der Waals surface area contributed by atoms with Gasteiger partial charge in [-0.3, -0.25) is 14.5 Å². The van der Waals surface area contributed by atoms with Gasteiger partial charge in [0.1, 0.15) is 17.7 Å². The van der Waals surface area contributed by atoms with Crippen molar-refractivity contribution in [1.29, 1.82) is 0 Å². The number of ether oxygens (including phenoxy) is 1. The summed E-state index contributed by atoms with van der Waals surface area (Å²) in [6.07, 6.45) is 0. The number of alkyl halides is 1. The van der Waals surface area contributed by atoms with Crippen molar-refractivity contribution in [2.45, 2.75) is 16.6 Å². The van der Waals surface area contributed by atoms with Crippen molar-refractivity contribution in [1.82, 2.24) is 4.90 Å². The van der Waals surface area contributed by atoms with Crippen molar-refractivity contribution in [3.8, 4) is 0 Å². The third-order valence-corrected chi connectivity index (χ3v) is 5.01. The molecule has 0 aliphatic carbocycles. The number of hydrogen-bond donors (Lipinski definition) is 1.